The lowest BCUT2D eigenvalue weighted by Gasteiger charge is -2.34. The van der Waals surface area contributed by atoms with Crippen LogP contribution in [0.1, 0.15) is 30.5 Å². The Bertz CT molecular complexity index is 1450. The van der Waals surface area contributed by atoms with Gasteiger partial charge in [-0.3, -0.25) is 9.69 Å². The summed E-state index contributed by atoms with van der Waals surface area (Å²) >= 11 is 0. The van der Waals surface area contributed by atoms with Crippen LogP contribution in [0.3, 0.4) is 0 Å². The minimum atomic E-state index is -4.48. The van der Waals surface area contributed by atoms with E-state index in [9.17, 15) is 27.9 Å². The molecule has 3 N–H and O–H groups in total. The molecule has 3 atom stereocenters. The molecule has 242 valence electrons. The summed E-state index contributed by atoms with van der Waals surface area (Å²) in [5.74, 6) is 1.01. The number of benzene rings is 3. The maximum atomic E-state index is 13.5. The Morgan fingerprint density at radius 2 is 1.73 bits per heavy atom. The summed E-state index contributed by atoms with van der Waals surface area (Å²) in [5, 5.41) is 15.1. The molecular formula is C33H39F3N4O5. The van der Waals surface area contributed by atoms with Crippen LogP contribution in [0.25, 0.3) is 0 Å². The Hall–Kier alpha value is -4.29. The van der Waals surface area contributed by atoms with Gasteiger partial charge >= 0.3 is 12.2 Å². The highest BCUT2D eigenvalue weighted by Crippen LogP contribution is 2.31. The number of nitrogens with zero attached hydrogens (tertiary/aromatic N) is 2. The molecule has 12 heteroatoms. The Balaban J connectivity index is 1.52. The average Bonchev–Trinajstić information content (AvgIpc) is 3.04. The summed E-state index contributed by atoms with van der Waals surface area (Å²) in [7, 11) is 3.62. The fourth-order valence-electron chi connectivity index (χ4n) is 5.18. The van der Waals surface area contributed by atoms with E-state index in [1.54, 1.807) is 37.1 Å². The molecule has 4 rings (SSSR count). The number of halogens is 3. The van der Waals surface area contributed by atoms with E-state index >= 15 is 0 Å². The molecule has 3 aromatic rings. The number of hydrogen-bond donors (Lipinski definition) is 3. The van der Waals surface area contributed by atoms with Gasteiger partial charge in [-0.2, -0.15) is 13.2 Å². The summed E-state index contributed by atoms with van der Waals surface area (Å²) in [6.45, 7) is 5.21. The Kier molecular flexibility index (Phi) is 10.9. The van der Waals surface area contributed by atoms with Gasteiger partial charge in [0.15, 0.2) is 0 Å². The molecule has 0 radical (unpaired) electrons. The van der Waals surface area contributed by atoms with Crippen LogP contribution in [0.15, 0.2) is 66.7 Å². The third-order valence-electron chi connectivity index (χ3n) is 7.75. The molecule has 0 aromatic heterocycles. The number of aliphatic hydroxyl groups is 1. The number of urea groups is 1. The normalized spacial score (nSPS) is 17.8. The van der Waals surface area contributed by atoms with Gasteiger partial charge in [-0.05, 0) is 74.1 Å². The number of likely N-dealkylation sites (N-methyl/N-ethyl adjacent to an activating group) is 1. The summed E-state index contributed by atoms with van der Waals surface area (Å²) in [6.07, 6.45) is -4.81. The maximum Gasteiger partial charge on any atom is 0.416 e. The number of carbonyl (C=O) groups excluding carboxylic acids is 2. The van der Waals surface area contributed by atoms with Gasteiger partial charge < -0.3 is 30.1 Å². The van der Waals surface area contributed by atoms with Crippen molar-refractivity contribution in [2.24, 2.45) is 5.92 Å². The molecule has 0 bridgehead atoms. The molecule has 1 aliphatic heterocycles. The largest absolute Gasteiger partial charge is 0.497 e. The van der Waals surface area contributed by atoms with Gasteiger partial charge in [0.05, 0.1) is 31.7 Å². The average molecular weight is 629 g/mol. The second kappa shape index (κ2) is 14.7. The molecule has 0 spiro atoms. The molecule has 0 unspecified atom stereocenters. The minimum Gasteiger partial charge on any atom is -0.497 e. The number of aliphatic hydroxyl groups excluding tert-OH is 1. The smallest absolute Gasteiger partial charge is 0.416 e. The number of nitrogens with one attached hydrogen (secondary N) is 2. The summed E-state index contributed by atoms with van der Waals surface area (Å²) < 4.78 is 50.4. The van der Waals surface area contributed by atoms with Crippen molar-refractivity contribution < 1.29 is 37.3 Å². The molecule has 45 heavy (non-hydrogen) atoms. The summed E-state index contributed by atoms with van der Waals surface area (Å²) in [5.41, 5.74) is 1.40. The number of ether oxygens (including phenoxy) is 2. The van der Waals surface area contributed by atoms with Crippen molar-refractivity contribution in [3.8, 4) is 11.5 Å². The number of methoxy groups -OCH3 is 1. The van der Waals surface area contributed by atoms with Gasteiger partial charge in [-0.15, -0.1) is 0 Å². The van der Waals surface area contributed by atoms with Crippen LogP contribution in [0.5, 0.6) is 11.5 Å². The Labute approximate surface area is 260 Å². The van der Waals surface area contributed by atoms with Gasteiger partial charge in [0.1, 0.15) is 17.6 Å². The van der Waals surface area contributed by atoms with Crippen molar-refractivity contribution in [3.05, 3.63) is 83.4 Å². The SMILES string of the molecule is COc1ccc(CN(C)C[C@H]2Oc3ccc(NC(=O)Nc4ccc(C(F)(F)F)cc4)cc3CC(=O)N([C@@H](C)CO)C[C@H]2C)cc1. The molecule has 1 heterocycles. The maximum absolute atomic E-state index is 13.5. The lowest BCUT2D eigenvalue weighted by molar-refractivity contribution is -0.137. The van der Waals surface area contributed by atoms with Gasteiger partial charge in [0, 0.05) is 42.5 Å². The van der Waals surface area contributed by atoms with E-state index < -0.39 is 23.8 Å². The minimum absolute atomic E-state index is 0.0170. The number of rotatable bonds is 9. The van der Waals surface area contributed by atoms with Crippen LogP contribution >= 0.6 is 0 Å². The lowest BCUT2D eigenvalue weighted by Crippen LogP contribution is -2.47. The van der Waals surface area contributed by atoms with Crippen LogP contribution in [-0.4, -0.2) is 72.8 Å². The fraction of sp³-hybridized carbons (Fsp3) is 0.394. The zero-order valence-corrected chi connectivity index (χ0v) is 25.7. The van der Waals surface area contributed by atoms with Crippen molar-refractivity contribution >= 4 is 23.3 Å². The number of hydrogen-bond acceptors (Lipinski definition) is 6. The lowest BCUT2D eigenvalue weighted by atomic mass is 10.0. The number of fused-ring (bicyclic) bond motifs is 1. The first-order chi connectivity index (χ1) is 21.4. The second-order valence-electron chi connectivity index (χ2n) is 11.4. The van der Waals surface area contributed by atoms with E-state index in [0.29, 0.717) is 36.6 Å². The monoisotopic (exact) mass is 628 g/mol. The zero-order chi connectivity index (χ0) is 32.7. The highest BCUT2D eigenvalue weighted by molar-refractivity contribution is 6.00. The molecule has 0 saturated heterocycles. The highest BCUT2D eigenvalue weighted by atomic mass is 19.4. The van der Waals surface area contributed by atoms with Crippen molar-refractivity contribution in [1.29, 1.82) is 0 Å². The molecule has 0 saturated carbocycles. The highest BCUT2D eigenvalue weighted by Gasteiger charge is 2.32. The number of carbonyl (C=O) groups is 2. The van der Waals surface area contributed by atoms with Crippen LogP contribution < -0.4 is 20.1 Å². The molecule has 9 nitrogen and oxygen atoms in total. The van der Waals surface area contributed by atoms with Gasteiger partial charge in [-0.25, -0.2) is 4.79 Å². The quantitative estimate of drug-likeness (QED) is 0.284. The van der Waals surface area contributed by atoms with E-state index in [1.165, 1.54) is 12.1 Å². The predicted molar refractivity (Wildman–Crippen MR) is 165 cm³/mol. The number of alkyl halides is 3. The summed E-state index contributed by atoms with van der Waals surface area (Å²) in [6, 6.07) is 15.9. The number of anilines is 2. The van der Waals surface area contributed by atoms with E-state index in [0.717, 1.165) is 23.4 Å². The predicted octanol–water partition coefficient (Wildman–Crippen LogP) is 5.64. The Morgan fingerprint density at radius 3 is 2.36 bits per heavy atom. The van der Waals surface area contributed by atoms with E-state index in [4.69, 9.17) is 9.47 Å². The standard InChI is InChI=1S/C33H39F3N4O5/c1-21-17-40(22(2)20-41)31(42)16-24-15-27(38-32(43)37-26-9-7-25(8-10-26)33(34,35)36)11-14-29(24)45-30(21)19-39(3)18-23-5-12-28(44-4)13-6-23/h5-15,21-22,30,41H,16-20H2,1-4H3,(H2,37,38,43)/t21-,22+,30-/m1/s1. The zero-order valence-electron chi connectivity index (χ0n) is 25.7. The molecule has 0 fully saturated rings. The van der Waals surface area contributed by atoms with Crippen molar-refractivity contribution in [2.75, 3.05) is 44.5 Å². The van der Waals surface area contributed by atoms with E-state index in [1.807, 2.05) is 38.2 Å². The molecular weight excluding hydrogens is 589 g/mol. The van der Waals surface area contributed by atoms with Gasteiger partial charge in [0.25, 0.3) is 0 Å². The molecule has 1 aliphatic rings. The molecule has 3 aromatic carbocycles. The van der Waals surface area contributed by atoms with Gasteiger partial charge in [0.2, 0.25) is 5.91 Å². The van der Waals surface area contributed by atoms with E-state index in [-0.39, 0.29) is 36.6 Å². The van der Waals surface area contributed by atoms with Crippen molar-refractivity contribution in [3.63, 3.8) is 0 Å². The van der Waals surface area contributed by atoms with Crippen LogP contribution in [0.4, 0.5) is 29.3 Å². The topological polar surface area (TPSA) is 103 Å². The Morgan fingerprint density at radius 1 is 1.09 bits per heavy atom. The first-order valence-corrected chi connectivity index (χ1v) is 14.6. The number of amides is 3. The van der Waals surface area contributed by atoms with Crippen LogP contribution in [-0.2, 0) is 23.9 Å². The second-order valence-corrected chi connectivity index (χ2v) is 11.4. The molecule has 3 amide bonds. The van der Waals surface area contributed by atoms with Crippen molar-refractivity contribution in [2.45, 2.75) is 45.1 Å². The fourth-order valence-corrected chi connectivity index (χ4v) is 5.18. The summed E-state index contributed by atoms with van der Waals surface area (Å²) in [4.78, 5) is 30.0. The third kappa shape index (κ3) is 9.11. The van der Waals surface area contributed by atoms with Crippen molar-refractivity contribution in [1.82, 2.24) is 9.80 Å². The third-order valence-corrected chi connectivity index (χ3v) is 7.75. The first kappa shape index (κ1) is 33.6. The van der Waals surface area contributed by atoms with Gasteiger partial charge in [-0.1, -0.05) is 19.1 Å². The molecule has 0 aliphatic carbocycles. The first-order valence-electron chi connectivity index (χ1n) is 14.6. The van der Waals surface area contributed by atoms with Crippen LogP contribution in [0.2, 0.25) is 0 Å². The van der Waals surface area contributed by atoms with E-state index in [2.05, 4.69) is 15.5 Å². The van der Waals surface area contributed by atoms with Crippen LogP contribution in [0, 0.1) is 5.92 Å².